The molecule has 1 unspecified atom stereocenters. The zero-order chi connectivity index (χ0) is 15.3. The lowest BCUT2D eigenvalue weighted by Gasteiger charge is -2.23. The van der Waals surface area contributed by atoms with Crippen LogP contribution in [0.5, 0.6) is 5.75 Å². The van der Waals surface area contributed by atoms with Crippen molar-refractivity contribution in [1.29, 1.82) is 0 Å². The van der Waals surface area contributed by atoms with Crippen LogP contribution in [0.15, 0.2) is 18.2 Å². The van der Waals surface area contributed by atoms with Crippen molar-refractivity contribution >= 4 is 23.2 Å². The number of para-hydroxylation sites is 1. The summed E-state index contributed by atoms with van der Waals surface area (Å²) in [6, 6.07) is 5.10. The standard InChI is InChI=1S/C15H21Cl2NO3/c16-12-4-3-5-13(17)14(12)21-9-11(19)8-18-10-15(20)6-1-2-7-15/h3-5,11,18-20H,1-2,6-10H2. The van der Waals surface area contributed by atoms with Crippen LogP contribution >= 0.6 is 23.2 Å². The third kappa shape index (κ3) is 5.01. The molecule has 1 atom stereocenters. The summed E-state index contributed by atoms with van der Waals surface area (Å²) in [4.78, 5) is 0. The van der Waals surface area contributed by atoms with E-state index in [2.05, 4.69) is 5.32 Å². The first-order chi connectivity index (χ1) is 10.0. The summed E-state index contributed by atoms with van der Waals surface area (Å²) in [5.74, 6) is 0.384. The second kappa shape index (κ2) is 7.65. The van der Waals surface area contributed by atoms with Crippen molar-refractivity contribution in [3.8, 4) is 5.75 Å². The first kappa shape index (κ1) is 16.8. The van der Waals surface area contributed by atoms with Gasteiger partial charge in [-0.3, -0.25) is 0 Å². The number of aliphatic hydroxyl groups is 2. The van der Waals surface area contributed by atoms with Crippen LogP contribution in [-0.2, 0) is 0 Å². The first-order valence-electron chi connectivity index (χ1n) is 7.18. The molecule has 3 N–H and O–H groups in total. The molecule has 2 rings (SSSR count). The molecule has 118 valence electrons. The third-order valence-corrected chi connectivity index (χ3v) is 4.30. The smallest absolute Gasteiger partial charge is 0.156 e. The number of halogens is 2. The van der Waals surface area contributed by atoms with Crippen molar-refractivity contribution in [2.45, 2.75) is 37.4 Å². The number of rotatable bonds is 7. The molecule has 0 heterocycles. The van der Waals surface area contributed by atoms with Crippen LogP contribution in [0.1, 0.15) is 25.7 Å². The van der Waals surface area contributed by atoms with Crippen LogP contribution in [0.25, 0.3) is 0 Å². The van der Waals surface area contributed by atoms with Gasteiger partial charge in [-0.05, 0) is 25.0 Å². The molecule has 4 nitrogen and oxygen atoms in total. The fraction of sp³-hybridized carbons (Fsp3) is 0.600. The fourth-order valence-electron chi connectivity index (χ4n) is 2.54. The van der Waals surface area contributed by atoms with Crippen molar-refractivity contribution in [2.24, 2.45) is 0 Å². The SMILES string of the molecule is OC(CNCC1(O)CCCC1)COc1c(Cl)cccc1Cl. The number of nitrogens with one attached hydrogen (secondary N) is 1. The Bertz CT molecular complexity index is 444. The van der Waals surface area contributed by atoms with E-state index in [0.29, 0.717) is 28.9 Å². The van der Waals surface area contributed by atoms with Gasteiger partial charge in [0.1, 0.15) is 12.7 Å². The molecule has 0 aromatic heterocycles. The normalized spacial score (nSPS) is 18.7. The summed E-state index contributed by atoms with van der Waals surface area (Å²) in [5.41, 5.74) is -0.618. The van der Waals surface area contributed by atoms with E-state index in [4.69, 9.17) is 27.9 Å². The van der Waals surface area contributed by atoms with E-state index in [1.54, 1.807) is 18.2 Å². The quantitative estimate of drug-likeness (QED) is 0.717. The van der Waals surface area contributed by atoms with Crippen molar-refractivity contribution in [3.05, 3.63) is 28.2 Å². The molecular formula is C15H21Cl2NO3. The van der Waals surface area contributed by atoms with E-state index in [1.165, 1.54) is 0 Å². The number of ether oxygens (including phenoxy) is 1. The van der Waals surface area contributed by atoms with Gasteiger partial charge in [0.2, 0.25) is 0 Å². The second-order valence-electron chi connectivity index (χ2n) is 5.58. The summed E-state index contributed by atoms with van der Waals surface area (Å²) in [6.45, 7) is 0.941. The van der Waals surface area contributed by atoms with Gasteiger partial charge in [-0.25, -0.2) is 0 Å². The average molecular weight is 334 g/mol. The number of hydrogen-bond donors (Lipinski definition) is 3. The Kier molecular flexibility index (Phi) is 6.14. The van der Waals surface area contributed by atoms with E-state index in [-0.39, 0.29) is 6.61 Å². The second-order valence-corrected chi connectivity index (χ2v) is 6.39. The summed E-state index contributed by atoms with van der Waals surface area (Å²) in [7, 11) is 0. The van der Waals surface area contributed by atoms with E-state index < -0.39 is 11.7 Å². The Morgan fingerprint density at radius 3 is 2.48 bits per heavy atom. The summed E-state index contributed by atoms with van der Waals surface area (Å²) >= 11 is 12.0. The highest BCUT2D eigenvalue weighted by Crippen LogP contribution is 2.32. The van der Waals surface area contributed by atoms with Crippen molar-refractivity contribution in [1.82, 2.24) is 5.32 Å². The Balaban J connectivity index is 1.71. The topological polar surface area (TPSA) is 61.7 Å². The van der Waals surface area contributed by atoms with E-state index in [9.17, 15) is 10.2 Å². The molecule has 1 aliphatic carbocycles. The molecule has 0 aliphatic heterocycles. The van der Waals surface area contributed by atoms with Gasteiger partial charge < -0.3 is 20.3 Å². The van der Waals surface area contributed by atoms with Crippen molar-refractivity contribution in [2.75, 3.05) is 19.7 Å². The molecule has 21 heavy (non-hydrogen) atoms. The highest BCUT2D eigenvalue weighted by molar-refractivity contribution is 6.37. The molecule has 0 bridgehead atoms. The Morgan fingerprint density at radius 2 is 1.86 bits per heavy atom. The van der Waals surface area contributed by atoms with Gasteiger partial charge in [-0.15, -0.1) is 0 Å². The minimum Gasteiger partial charge on any atom is -0.488 e. The lowest BCUT2D eigenvalue weighted by atomic mass is 10.0. The van der Waals surface area contributed by atoms with Crippen molar-refractivity contribution < 1.29 is 14.9 Å². The molecule has 0 spiro atoms. The molecule has 1 aromatic rings. The summed E-state index contributed by atoms with van der Waals surface area (Å²) in [6.07, 6.45) is 3.08. The number of hydrogen-bond acceptors (Lipinski definition) is 4. The maximum absolute atomic E-state index is 10.2. The van der Waals surface area contributed by atoms with Crippen LogP contribution in [0.3, 0.4) is 0 Å². The fourth-order valence-corrected chi connectivity index (χ4v) is 3.05. The zero-order valence-corrected chi connectivity index (χ0v) is 13.3. The van der Waals surface area contributed by atoms with Crippen LogP contribution in [0, 0.1) is 0 Å². The lowest BCUT2D eigenvalue weighted by Crippen LogP contribution is -2.42. The van der Waals surface area contributed by atoms with Crippen molar-refractivity contribution in [3.63, 3.8) is 0 Å². The maximum Gasteiger partial charge on any atom is 0.156 e. The molecule has 0 saturated heterocycles. The summed E-state index contributed by atoms with van der Waals surface area (Å²) in [5, 5.41) is 24.0. The van der Waals surface area contributed by atoms with E-state index in [0.717, 1.165) is 25.7 Å². The minimum atomic E-state index is -0.692. The van der Waals surface area contributed by atoms with Crippen LogP contribution in [-0.4, -0.2) is 41.6 Å². The van der Waals surface area contributed by atoms with Crippen LogP contribution in [0.2, 0.25) is 10.0 Å². The molecule has 0 radical (unpaired) electrons. The third-order valence-electron chi connectivity index (χ3n) is 3.71. The largest absolute Gasteiger partial charge is 0.488 e. The predicted octanol–water partition coefficient (Wildman–Crippen LogP) is 2.63. The molecule has 1 aliphatic rings. The van der Waals surface area contributed by atoms with Gasteiger partial charge in [0.15, 0.2) is 5.75 Å². The van der Waals surface area contributed by atoms with Crippen LogP contribution in [0.4, 0.5) is 0 Å². The average Bonchev–Trinajstić information content (AvgIpc) is 2.85. The zero-order valence-electron chi connectivity index (χ0n) is 11.8. The van der Waals surface area contributed by atoms with Gasteiger partial charge in [-0.2, -0.15) is 0 Å². The lowest BCUT2D eigenvalue weighted by molar-refractivity contribution is 0.0406. The highest BCUT2D eigenvalue weighted by atomic mass is 35.5. The first-order valence-corrected chi connectivity index (χ1v) is 7.94. The van der Waals surface area contributed by atoms with Gasteiger partial charge in [0.25, 0.3) is 0 Å². The van der Waals surface area contributed by atoms with E-state index in [1.807, 2.05) is 0 Å². The highest BCUT2D eigenvalue weighted by Gasteiger charge is 2.30. The van der Waals surface area contributed by atoms with Gasteiger partial charge >= 0.3 is 0 Å². The molecule has 1 saturated carbocycles. The van der Waals surface area contributed by atoms with E-state index >= 15 is 0 Å². The maximum atomic E-state index is 10.2. The molecule has 0 amide bonds. The van der Waals surface area contributed by atoms with Gasteiger partial charge in [-0.1, -0.05) is 42.1 Å². The Morgan fingerprint density at radius 1 is 1.24 bits per heavy atom. The molecule has 6 heteroatoms. The Hall–Kier alpha value is -0.520. The number of benzene rings is 1. The minimum absolute atomic E-state index is 0.0921. The molecule has 1 aromatic carbocycles. The summed E-state index contributed by atoms with van der Waals surface area (Å²) < 4.78 is 5.46. The molecular weight excluding hydrogens is 313 g/mol. The molecule has 1 fully saturated rings. The van der Waals surface area contributed by atoms with Gasteiger partial charge in [0, 0.05) is 13.1 Å². The monoisotopic (exact) mass is 333 g/mol. The van der Waals surface area contributed by atoms with Crippen LogP contribution < -0.4 is 10.1 Å². The Labute approximate surface area is 135 Å². The van der Waals surface area contributed by atoms with Gasteiger partial charge in [0.05, 0.1) is 15.6 Å². The predicted molar refractivity (Wildman–Crippen MR) is 84.3 cm³/mol. The number of aliphatic hydroxyl groups excluding tert-OH is 1.